The van der Waals surface area contributed by atoms with Crippen LogP contribution in [0.2, 0.25) is 0 Å². The molecule has 0 fully saturated rings. The first-order valence-electron chi connectivity index (χ1n) is 6.48. The third kappa shape index (κ3) is 8.75. The second-order valence-corrected chi connectivity index (χ2v) is 6.00. The number of hydrogen-bond acceptors (Lipinski definition) is 3. The molecule has 1 N–H and O–H groups in total. The zero-order valence-corrected chi connectivity index (χ0v) is 12.7. The van der Waals surface area contributed by atoms with Gasteiger partial charge in [-0.3, -0.25) is 0 Å². The van der Waals surface area contributed by atoms with Crippen molar-refractivity contribution < 1.29 is 18.3 Å². The Labute approximate surface area is 114 Å². The number of hydrogen-bond donors (Lipinski definition) is 1. The first-order valence-corrected chi connectivity index (χ1v) is 6.48. The van der Waals surface area contributed by atoms with Gasteiger partial charge in [0.2, 0.25) is 0 Å². The Morgan fingerprint density at radius 3 is 2.26 bits per heavy atom. The topological polar surface area (TPSA) is 41.6 Å². The fraction of sp³-hybridized carbons (Fsp3) is 0.923. The molecule has 0 aromatic heterocycles. The van der Waals surface area contributed by atoms with Gasteiger partial charge in [0.05, 0.1) is 6.04 Å². The molecule has 0 aliphatic heterocycles. The third-order valence-electron chi connectivity index (χ3n) is 2.46. The summed E-state index contributed by atoms with van der Waals surface area (Å²) < 4.78 is 29.8. The standard InChI is InChI=1S/C13H26F2N2O2/c1-9(7-16-10(2)11(14)15)8-17(6)12(18)19-13(3,4)5/h9-11,16H,7-8H2,1-6H3. The van der Waals surface area contributed by atoms with Crippen molar-refractivity contribution in [3.8, 4) is 0 Å². The van der Waals surface area contributed by atoms with E-state index in [1.165, 1.54) is 11.8 Å². The van der Waals surface area contributed by atoms with Gasteiger partial charge in [-0.05, 0) is 40.2 Å². The molecule has 2 atom stereocenters. The van der Waals surface area contributed by atoms with Crippen LogP contribution >= 0.6 is 0 Å². The summed E-state index contributed by atoms with van der Waals surface area (Å²) in [7, 11) is 1.64. The van der Waals surface area contributed by atoms with Crippen molar-refractivity contribution >= 4 is 6.09 Å². The first-order chi connectivity index (χ1) is 8.53. The Balaban J connectivity index is 4.05. The van der Waals surface area contributed by atoms with Gasteiger partial charge in [-0.25, -0.2) is 13.6 Å². The number of nitrogens with one attached hydrogen (secondary N) is 1. The van der Waals surface area contributed by atoms with Gasteiger partial charge in [0.15, 0.2) is 0 Å². The quantitative estimate of drug-likeness (QED) is 0.813. The lowest BCUT2D eigenvalue weighted by Gasteiger charge is -2.27. The van der Waals surface area contributed by atoms with Crippen LogP contribution in [0.1, 0.15) is 34.6 Å². The van der Waals surface area contributed by atoms with E-state index >= 15 is 0 Å². The van der Waals surface area contributed by atoms with Crippen LogP contribution in [-0.4, -0.2) is 49.2 Å². The molecule has 0 aromatic rings. The number of alkyl halides is 2. The van der Waals surface area contributed by atoms with Crippen LogP contribution in [0, 0.1) is 5.92 Å². The molecule has 0 radical (unpaired) electrons. The lowest BCUT2D eigenvalue weighted by molar-refractivity contribution is 0.0273. The number of nitrogens with zero attached hydrogens (tertiary/aromatic N) is 1. The Morgan fingerprint density at radius 2 is 1.84 bits per heavy atom. The SMILES string of the molecule is CC(CNC(C)C(F)F)CN(C)C(=O)OC(C)(C)C. The molecule has 0 heterocycles. The summed E-state index contributed by atoms with van der Waals surface area (Å²) in [6.07, 6.45) is -2.78. The van der Waals surface area contributed by atoms with Gasteiger partial charge < -0.3 is 15.0 Å². The maximum atomic E-state index is 12.3. The van der Waals surface area contributed by atoms with Crippen LogP contribution in [-0.2, 0) is 4.74 Å². The summed E-state index contributed by atoms with van der Waals surface area (Å²) in [6, 6.07) is -0.839. The van der Waals surface area contributed by atoms with Crippen LogP contribution in [0.5, 0.6) is 0 Å². The fourth-order valence-corrected chi connectivity index (χ4v) is 1.42. The van der Waals surface area contributed by atoms with Gasteiger partial charge in [-0.15, -0.1) is 0 Å². The van der Waals surface area contributed by atoms with E-state index < -0.39 is 24.2 Å². The molecule has 2 unspecified atom stereocenters. The lowest BCUT2D eigenvalue weighted by atomic mass is 10.1. The minimum absolute atomic E-state index is 0.0683. The molecular weight excluding hydrogens is 254 g/mol. The van der Waals surface area contributed by atoms with Gasteiger partial charge in [0.25, 0.3) is 6.43 Å². The van der Waals surface area contributed by atoms with Crippen LogP contribution < -0.4 is 5.32 Å². The van der Waals surface area contributed by atoms with Gasteiger partial charge in [-0.1, -0.05) is 6.92 Å². The van der Waals surface area contributed by atoms with Crippen LogP contribution in [0.15, 0.2) is 0 Å². The average molecular weight is 280 g/mol. The predicted molar refractivity (Wildman–Crippen MR) is 71.5 cm³/mol. The van der Waals surface area contributed by atoms with Gasteiger partial charge in [0, 0.05) is 13.6 Å². The van der Waals surface area contributed by atoms with E-state index in [1.54, 1.807) is 27.8 Å². The van der Waals surface area contributed by atoms with Crippen molar-refractivity contribution in [1.29, 1.82) is 0 Å². The van der Waals surface area contributed by atoms with Crippen molar-refractivity contribution in [2.75, 3.05) is 20.1 Å². The summed E-state index contributed by atoms with van der Waals surface area (Å²) in [6.45, 7) is 9.62. The molecule has 0 aromatic carbocycles. The van der Waals surface area contributed by atoms with Crippen LogP contribution in [0.3, 0.4) is 0 Å². The van der Waals surface area contributed by atoms with Crippen molar-refractivity contribution in [2.45, 2.75) is 52.7 Å². The predicted octanol–water partition coefficient (Wildman–Crippen LogP) is 2.73. The molecular formula is C13H26F2N2O2. The molecule has 4 nitrogen and oxygen atoms in total. The molecule has 0 bridgehead atoms. The van der Waals surface area contributed by atoms with Crippen molar-refractivity contribution in [3.05, 3.63) is 0 Å². The Hall–Kier alpha value is -0.910. The number of amides is 1. The molecule has 0 aliphatic carbocycles. The second kappa shape index (κ2) is 7.62. The van der Waals surface area contributed by atoms with Gasteiger partial charge in [0.1, 0.15) is 5.60 Å². The summed E-state index contributed by atoms with van der Waals surface area (Å²) in [4.78, 5) is 13.2. The molecule has 0 rings (SSSR count). The monoisotopic (exact) mass is 280 g/mol. The molecule has 114 valence electrons. The lowest BCUT2D eigenvalue weighted by Crippen LogP contribution is -2.41. The van der Waals surface area contributed by atoms with E-state index in [4.69, 9.17) is 4.74 Å². The molecule has 6 heteroatoms. The number of carbonyl (C=O) groups is 1. The van der Waals surface area contributed by atoms with Gasteiger partial charge in [-0.2, -0.15) is 0 Å². The smallest absolute Gasteiger partial charge is 0.410 e. The van der Waals surface area contributed by atoms with E-state index in [9.17, 15) is 13.6 Å². The number of carbonyl (C=O) groups excluding carboxylic acids is 1. The fourth-order valence-electron chi connectivity index (χ4n) is 1.42. The Bertz CT molecular complexity index is 280. The second-order valence-electron chi connectivity index (χ2n) is 6.00. The van der Waals surface area contributed by atoms with Gasteiger partial charge >= 0.3 is 6.09 Å². The maximum absolute atomic E-state index is 12.3. The van der Waals surface area contributed by atoms with Crippen molar-refractivity contribution in [3.63, 3.8) is 0 Å². The van der Waals surface area contributed by atoms with Crippen molar-refractivity contribution in [1.82, 2.24) is 10.2 Å². The van der Waals surface area contributed by atoms with Crippen molar-refractivity contribution in [2.24, 2.45) is 5.92 Å². The zero-order valence-electron chi connectivity index (χ0n) is 12.7. The minimum Gasteiger partial charge on any atom is -0.444 e. The Kier molecular flexibility index (Phi) is 7.26. The van der Waals surface area contributed by atoms with E-state index in [0.29, 0.717) is 13.1 Å². The minimum atomic E-state index is -2.38. The summed E-state index contributed by atoms with van der Waals surface area (Å²) in [5, 5.41) is 2.75. The first kappa shape index (κ1) is 18.1. The molecule has 19 heavy (non-hydrogen) atoms. The molecule has 0 saturated carbocycles. The molecule has 1 amide bonds. The highest BCUT2D eigenvalue weighted by molar-refractivity contribution is 5.67. The Morgan fingerprint density at radius 1 is 1.32 bits per heavy atom. The van der Waals surface area contributed by atoms with E-state index in [0.717, 1.165) is 0 Å². The summed E-state index contributed by atoms with van der Waals surface area (Å²) >= 11 is 0. The highest BCUT2D eigenvalue weighted by atomic mass is 19.3. The van der Waals surface area contributed by atoms with E-state index in [1.807, 2.05) is 6.92 Å². The summed E-state index contributed by atoms with van der Waals surface area (Å²) in [5.41, 5.74) is -0.531. The number of ether oxygens (including phenoxy) is 1. The van der Waals surface area contributed by atoms with Crippen LogP contribution in [0.25, 0.3) is 0 Å². The largest absolute Gasteiger partial charge is 0.444 e. The molecule has 0 saturated heterocycles. The van der Waals surface area contributed by atoms with E-state index in [2.05, 4.69) is 5.32 Å². The highest BCUT2D eigenvalue weighted by Gasteiger charge is 2.21. The highest BCUT2D eigenvalue weighted by Crippen LogP contribution is 2.10. The number of halogens is 2. The normalized spacial score (nSPS) is 15.2. The third-order valence-corrected chi connectivity index (χ3v) is 2.46. The maximum Gasteiger partial charge on any atom is 0.410 e. The zero-order chi connectivity index (χ0) is 15.2. The average Bonchev–Trinajstić information content (AvgIpc) is 2.23. The van der Waals surface area contributed by atoms with E-state index in [-0.39, 0.29) is 5.92 Å². The van der Waals surface area contributed by atoms with Crippen LogP contribution in [0.4, 0.5) is 13.6 Å². The number of rotatable bonds is 6. The summed E-state index contributed by atoms with van der Waals surface area (Å²) in [5.74, 6) is 0.0683. The molecule has 0 aliphatic rings. The molecule has 0 spiro atoms.